The third-order valence-electron chi connectivity index (χ3n) is 1.61. The second-order valence-electron chi connectivity index (χ2n) is 3.25. The molecule has 0 bridgehead atoms. The first kappa shape index (κ1) is 14.2. The van der Waals surface area contributed by atoms with E-state index in [-0.39, 0.29) is 45.4 Å². The number of carbonyl (C=O) groups is 1. The Bertz CT molecular complexity index is 215. The largest absolute Gasteiger partial charge is 0.545 e. The van der Waals surface area contributed by atoms with Gasteiger partial charge in [-0.3, -0.25) is 6.58 Å². The zero-order valence-corrected chi connectivity index (χ0v) is 11.2. The van der Waals surface area contributed by atoms with E-state index in [1.807, 2.05) is 13.8 Å². The van der Waals surface area contributed by atoms with Crippen LogP contribution in [0, 0.1) is 6.58 Å². The van der Waals surface area contributed by atoms with Crippen LogP contribution in [0.5, 0.6) is 0 Å². The predicted molar refractivity (Wildman–Crippen MR) is 44.7 cm³/mol. The van der Waals surface area contributed by atoms with Crippen molar-refractivity contribution in [3.63, 3.8) is 0 Å². The molecule has 0 aromatic rings. The van der Waals surface area contributed by atoms with Gasteiger partial charge in [0.2, 0.25) is 0 Å². The van der Waals surface area contributed by atoms with Gasteiger partial charge in [-0.2, -0.15) is 6.08 Å². The van der Waals surface area contributed by atoms with Crippen molar-refractivity contribution in [1.29, 1.82) is 0 Å². The first-order valence-corrected chi connectivity index (χ1v) is 4.07. The summed E-state index contributed by atoms with van der Waals surface area (Å²) in [5, 5.41) is 0. The van der Waals surface area contributed by atoms with E-state index in [0.717, 1.165) is 6.08 Å². The number of hydrogen-bond donors (Lipinski definition) is 0. The molecule has 0 aromatic carbocycles. The molecule has 1 saturated heterocycles. The van der Waals surface area contributed by atoms with E-state index < -0.39 is 11.8 Å². The minimum absolute atomic E-state index is 0. The molecule has 0 aliphatic carbocycles. The van der Waals surface area contributed by atoms with E-state index in [0.29, 0.717) is 6.61 Å². The summed E-state index contributed by atoms with van der Waals surface area (Å²) in [6.07, 6.45) is 0.680. The van der Waals surface area contributed by atoms with Crippen LogP contribution in [0.4, 0.5) is 0 Å². The van der Waals surface area contributed by atoms with E-state index in [1.165, 1.54) is 0 Å². The standard InChI is InChI=1S/C9H13O4.Y/c1-4-8(10)11-5-7-6-12-9(2,3)13-7;/h1,4,7H,5-6H2,2-3H3;/q-1;. The quantitative estimate of drug-likeness (QED) is 0.431. The Morgan fingerprint density at radius 2 is 2.36 bits per heavy atom. The molecule has 1 unspecified atom stereocenters. The molecular formula is C9H13O4Y-. The normalized spacial score (nSPS) is 23.7. The van der Waals surface area contributed by atoms with Gasteiger partial charge in [-0.1, -0.05) is 0 Å². The fourth-order valence-corrected chi connectivity index (χ4v) is 1.07. The van der Waals surface area contributed by atoms with E-state index in [9.17, 15) is 4.79 Å². The molecule has 77 valence electrons. The fraction of sp³-hybridized carbons (Fsp3) is 0.667. The van der Waals surface area contributed by atoms with Crippen LogP contribution in [-0.4, -0.2) is 31.1 Å². The van der Waals surface area contributed by atoms with Crippen LogP contribution in [-0.2, 0) is 51.7 Å². The molecule has 0 aromatic heterocycles. The second kappa shape index (κ2) is 5.96. The molecule has 1 fully saturated rings. The van der Waals surface area contributed by atoms with Crippen molar-refractivity contribution in [2.24, 2.45) is 0 Å². The molecular weight excluding hydrogens is 261 g/mol. The Morgan fingerprint density at radius 1 is 1.71 bits per heavy atom. The molecule has 0 amide bonds. The first-order chi connectivity index (χ1) is 6.03. The zero-order chi connectivity index (χ0) is 9.90. The van der Waals surface area contributed by atoms with E-state index in [2.05, 4.69) is 0 Å². The average molecular weight is 274 g/mol. The molecule has 0 saturated carbocycles. The summed E-state index contributed by atoms with van der Waals surface area (Å²) in [6.45, 7) is 9.17. The smallest absolute Gasteiger partial charge is 0.167 e. The Balaban J connectivity index is 0.00000169. The molecule has 4 nitrogen and oxygen atoms in total. The van der Waals surface area contributed by atoms with Crippen molar-refractivity contribution in [3.05, 3.63) is 12.7 Å². The van der Waals surface area contributed by atoms with E-state index >= 15 is 0 Å². The maximum absolute atomic E-state index is 10.6. The summed E-state index contributed by atoms with van der Waals surface area (Å²) >= 11 is 0. The van der Waals surface area contributed by atoms with Crippen LogP contribution in [0.15, 0.2) is 6.08 Å². The molecule has 1 heterocycles. The number of carbonyl (C=O) groups excluding carboxylic acids is 1. The first-order valence-electron chi connectivity index (χ1n) is 4.07. The Labute approximate surface area is 109 Å². The molecule has 1 radical (unpaired) electrons. The van der Waals surface area contributed by atoms with Gasteiger partial charge in [0, 0.05) is 32.7 Å². The van der Waals surface area contributed by atoms with Crippen LogP contribution >= 0.6 is 0 Å². The number of rotatable bonds is 3. The van der Waals surface area contributed by atoms with Crippen molar-refractivity contribution in [2.75, 3.05) is 13.2 Å². The molecule has 1 aliphatic heterocycles. The third-order valence-corrected chi connectivity index (χ3v) is 1.61. The van der Waals surface area contributed by atoms with Crippen LogP contribution < -0.4 is 0 Å². The molecule has 1 atom stereocenters. The Morgan fingerprint density at radius 3 is 2.79 bits per heavy atom. The van der Waals surface area contributed by atoms with Crippen molar-refractivity contribution in [2.45, 2.75) is 25.7 Å². The molecule has 1 aliphatic rings. The predicted octanol–water partition coefficient (Wildman–Crippen LogP) is 0.668. The van der Waals surface area contributed by atoms with Crippen LogP contribution in [0.3, 0.4) is 0 Å². The van der Waals surface area contributed by atoms with Gasteiger partial charge < -0.3 is 19.0 Å². The van der Waals surface area contributed by atoms with E-state index in [4.69, 9.17) is 20.8 Å². The van der Waals surface area contributed by atoms with Gasteiger partial charge in [0.1, 0.15) is 6.10 Å². The number of hydrogen-bond acceptors (Lipinski definition) is 4. The monoisotopic (exact) mass is 274 g/mol. The summed E-state index contributed by atoms with van der Waals surface area (Å²) in [5.41, 5.74) is 0. The van der Waals surface area contributed by atoms with Gasteiger partial charge in [0.15, 0.2) is 11.8 Å². The van der Waals surface area contributed by atoms with Gasteiger partial charge in [-0.25, -0.2) is 0 Å². The fourth-order valence-electron chi connectivity index (χ4n) is 1.07. The average Bonchev–Trinajstić information content (AvgIpc) is 2.41. The summed E-state index contributed by atoms with van der Waals surface area (Å²) in [5.74, 6) is -1.13. The SMILES string of the molecule is [CH-]=CC(=O)OCC1COC(C)(C)O1.[Y]. The van der Waals surface area contributed by atoms with Crippen molar-refractivity contribution < 1.29 is 51.7 Å². The molecule has 14 heavy (non-hydrogen) atoms. The van der Waals surface area contributed by atoms with Crippen molar-refractivity contribution in [1.82, 2.24) is 0 Å². The third kappa shape index (κ3) is 4.64. The topological polar surface area (TPSA) is 44.8 Å². The number of ether oxygens (including phenoxy) is 3. The van der Waals surface area contributed by atoms with Crippen LogP contribution in [0.1, 0.15) is 13.8 Å². The molecule has 0 N–H and O–H groups in total. The maximum Gasteiger partial charge on any atom is 0.167 e. The second-order valence-corrected chi connectivity index (χ2v) is 3.25. The van der Waals surface area contributed by atoms with Gasteiger partial charge in [-0.05, 0) is 13.8 Å². The van der Waals surface area contributed by atoms with E-state index in [1.54, 1.807) is 0 Å². The summed E-state index contributed by atoms with van der Waals surface area (Å²) in [4.78, 5) is 10.6. The number of esters is 1. The molecule has 0 spiro atoms. The maximum atomic E-state index is 10.6. The summed E-state index contributed by atoms with van der Waals surface area (Å²) in [6, 6.07) is 0. The van der Waals surface area contributed by atoms with Crippen molar-refractivity contribution >= 4 is 5.97 Å². The summed E-state index contributed by atoms with van der Waals surface area (Å²) in [7, 11) is 0. The Kier molecular flexibility index (Phi) is 6.06. The molecule has 5 heteroatoms. The van der Waals surface area contributed by atoms with Gasteiger partial charge in [0.05, 0.1) is 13.2 Å². The molecule has 1 rings (SSSR count). The van der Waals surface area contributed by atoms with Crippen LogP contribution in [0.25, 0.3) is 0 Å². The summed E-state index contributed by atoms with van der Waals surface area (Å²) < 4.78 is 15.4. The van der Waals surface area contributed by atoms with Gasteiger partial charge in [0.25, 0.3) is 0 Å². The Hall–Kier alpha value is 0.234. The van der Waals surface area contributed by atoms with Crippen LogP contribution in [0.2, 0.25) is 0 Å². The zero-order valence-electron chi connectivity index (χ0n) is 8.36. The van der Waals surface area contributed by atoms with Gasteiger partial charge >= 0.3 is 0 Å². The van der Waals surface area contributed by atoms with Gasteiger partial charge in [-0.15, -0.1) is 0 Å². The van der Waals surface area contributed by atoms with Crippen molar-refractivity contribution in [3.8, 4) is 0 Å². The minimum atomic E-state index is -0.580. The minimum Gasteiger partial charge on any atom is -0.545 e.